The number of esters is 2. The minimum absolute atomic E-state index is 0.776. The highest BCUT2D eigenvalue weighted by Gasteiger charge is 2.59. The van der Waals surface area contributed by atoms with Crippen LogP contribution in [0.1, 0.15) is 13.8 Å². The number of ether oxygens (including phenoxy) is 13. The molecule has 0 aliphatic carbocycles. The Morgan fingerprint density at radius 2 is 0.644 bits per heavy atom. The SMILES string of the molecule is CC(=O)OC[C@H]1O[C@H](O[C@@H]2[C@@H](O)[C@H](O)O[C@H](CO)[C@H]2O)[C@H](O)[C@@H](O[C@H]2O[C@H](CO)[C@@H](O)[C@H](O[C@H]3O[C@H](CO)[C@@H](O)[C@H](OC(C)=O)[C@H]3O[C@@H]3O[C@H](CO)[C@@H](O)[C@H](O[C@H]4O[C@H](CO)[C@@H](O)[C@H](O)[C@H]4O)[C@H]3O)[C@@H]2O)[C@@H]1O. The average molecular weight is 1070 g/mol. The van der Waals surface area contributed by atoms with Gasteiger partial charge in [-0.15, -0.1) is 0 Å². The molecule has 6 rings (SSSR count). The summed E-state index contributed by atoms with van der Waals surface area (Å²) in [6, 6.07) is 0. The lowest BCUT2D eigenvalue weighted by Crippen LogP contribution is -2.69. The van der Waals surface area contributed by atoms with Crippen LogP contribution in [0.4, 0.5) is 0 Å². The third-order valence-electron chi connectivity index (χ3n) is 13.0. The van der Waals surface area contributed by atoms with Crippen LogP contribution in [-0.4, -0.2) is 328 Å². The first-order valence-corrected chi connectivity index (χ1v) is 22.9. The van der Waals surface area contributed by atoms with Crippen molar-refractivity contribution in [3.63, 3.8) is 0 Å². The standard InChI is InChI=1S/C40H66O33/c1-9(46)61-8-16-22(53)32(28(59)39(68-16)69-29-18(49)12(4-42)63-35(60)25(29)56)71-37-27(58)31(20(51)14(6-44)65-37)72-40-34(33(62-10(2)47)21(52)15(7-45)67-40)73-38-26(57)30(19(50)13(5-43)66-38)70-36-24(55)23(54)17(48)11(3-41)64-36/h11-45,48-60H,3-8H2,1-2H3/t11-,12-,13-,14-,15-,16-,17-,18-,19-,20-,21-,22-,23+,24-,25-,26-,27+,28-,29+,30+,31+,32+,33+,34-,35-,36-,37-,38+,39-,40-/m1/s1. The summed E-state index contributed by atoms with van der Waals surface area (Å²) in [5.41, 5.74) is 0. The summed E-state index contributed by atoms with van der Waals surface area (Å²) in [5.74, 6) is -2.00. The summed E-state index contributed by atoms with van der Waals surface area (Å²) < 4.78 is 72.3. The molecule has 6 aliphatic heterocycles. The maximum atomic E-state index is 12.5. The van der Waals surface area contributed by atoms with Gasteiger partial charge in [0.1, 0.15) is 141 Å². The van der Waals surface area contributed by atoms with Gasteiger partial charge in [-0.3, -0.25) is 9.59 Å². The molecule has 33 heteroatoms. The molecule has 0 saturated carbocycles. The highest BCUT2D eigenvalue weighted by Crippen LogP contribution is 2.38. The fraction of sp³-hybridized carbons (Fsp3) is 0.950. The summed E-state index contributed by atoms with van der Waals surface area (Å²) >= 11 is 0. The molecule has 6 saturated heterocycles. The van der Waals surface area contributed by atoms with Crippen molar-refractivity contribution in [2.24, 2.45) is 0 Å². The Hall–Kier alpha value is -2.22. The molecule has 33 nitrogen and oxygen atoms in total. The zero-order chi connectivity index (χ0) is 53.9. The monoisotopic (exact) mass is 1070 g/mol. The van der Waals surface area contributed by atoms with Gasteiger partial charge in [-0.2, -0.15) is 0 Å². The van der Waals surface area contributed by atoms with E-state index in [1.165, 1.54) is 0 Å². The number of rotatable bonds is 18. The van der Waals surface area contributed by atoms with Crippen LogP contribution in [0.3, 0.4) is 0 Å². The smallest absolute Gasteiger partial charge is 0.303 e. The van der Waals surface area contributed by atoms with Gasteiger partial charge in [0, 0.05) is 13.8 Å². The molecular formula is C40H66O33. The maximum absolute atomic E-state index is 12.5. The summed E-state index contributed by atoms with van der Waals surface area (Å²) in [6.45, 7) is -3.89. The fourth-order valence-corrected chi connectivity index (χ4v) is 8.97. The molecule has 6 heterocycles. The van der Waals surface area contributed by atoms with E-state index in [4.69, 9.17) is 61.6 Å². The van der Waals surface area contributed by atoms with E-state index in [1.54, 1.807) is 0 Å². The topological polar surface area (TPSA) is 518 Å². The number of carbonyl (C=O) groups excluding carboxylic acids is 2. The Bertz CT molecular complexity index is 1740. The molecule has 0 spiro atoms. The highest BCUT2D eigenvalue weighted by molar-refractivity contribution is 5.66. The van der Waals surface area contributed by atoms with Crippen molar-refractivity contribution in [1.82, 2.24) is 0 Å². The van der Waals surface area contributed by atoms with E-state index in [2.05, 4.69) is 0 Å². The molecule has 0 aromatic rings. The summed E-state index contributed by atoms with van der Waals surface area (Å²) in [7, 11) is 0. The number of hydrogen-bond acceptors (Lipinski definition) is 33. The lowest BCUT2D eigenvalue weighted by molar-refractivity contribution is -0.404. The van der Waals surface area contributed by atoms with Crippen LogP contribution in [0.25, 0.3) is 0 Å². The van der Waals surface area contributed by atoms with Gasteiger partial charge in [0.05, 0.1) is 33.0 Å². The van der Waals surface area contributed by atoms with E-state index in [9.17, 15) is 102 Å². The van der Waals surface area contributed by atoms with Crippen molar-refractivity contribution in [2.45, 2.75) is 198 Å². The molecule has 6 fully saturated rings. The second-order valence-corrected chi connectivity index (χ2v) is 18.0. The van der Waals surface area contributed by atoms with Crippen molar-refractivity contribution in [3.05, 3.63) is 0 Å². The van der Waals surface area contributed by atoms with Crippen LogP contribution in [0.5, 0.6) is 0 Å². The highest BCUT2D eigenvalue weighted by atomic mass is 16.8. The number of aliphatic hydroxyl groups is 18. The molecule has 0 aromatic heterocycles. The van der Waals surface area contributed by atoms with E-state index >= 15 is 0 Å². The van der Waals surface area contributed by atoms with E-state index in [-0.39, 0.29) is 0 Å². The molecular weight excluding hydrogens is 1010 g/mol. The first kappa shape index (κ1) is 60.0. The number of hydrogen-bond donors (Lipinski definition) is 18. The van der Waals surface area contributed by atoms with Gasteiger partial charge in [0.15, 0.2) is 49.9 Å². The van der Waals surface area contributed by atoms with Gasteiger partial charge in [-0.25, -0.2) is 0 Å². The van der Waals surface area contributed by atoms with E-state index in [0.29, 0.717) is 0 Å². The van der Waals surface area contributed by atoms with Crippen LogP contribution >= 0.6 is 0 Å². The summed E-state index contributed by atoms with van der Waals surface area (Å²) in [5, 5.41) is 193. The molecule has 0 radical (unpaired) electrons. The number of carbonyl (C=O) groups is 2. The minimum atomic E-state index is -2.34. The Morgan fingerprint density at radius 1 is 0.329 bits per heavy atom. The van der Waals surface area contributed by atoms with Crippen LogP contribution in [0.15, 0.2) is 0 Å². The van der Waals surface area contributed by atoms with E-state index in [1.807, 2.05) is 0 Å². The lowest BCUT2D eigenvalue weighted by atomic mass is 9.95. The first-order valence-electron chi connectivity index (χ1n) is 22.9. The lowest BCUT2D eigenvalue weighted by Gasteiger charge is -2.50. The van der Waals surface area contributed by atoms with Gasteiger partial charge in [-0.1, -0.05) is 0 Å². The molecule has 0 unspecified atom stereocenters. The third-order valence-corrected chi connectivity index (χ3v) is 13.0. The molecule has 30 atom stereocenters. The third kappa shape index (κ3) is 13.0. The second kappa shape index (κ2) is 26.0. The second-order valence-electron chi connectivity index (χ2n) is 18.0. The summed E-state index contributed by atoms with van der Waals surface area (Å²) in [6.07, 6.45) is -60.0. The molecule has 73 heavy (non-hydrogen) atoms. The maximum Gasteiger partial charge on any atom is 0.303 e. The molecule has 0 amide bonds. The zero-order valence-electron chi connectivity index (χ0n) is 38.7. The largest absolute Gasteiger partial charge is 0.463 e. The van der Waals surface area contributed by atoms with Gasteiger partial charge in [0.25, 0.3) is 0 Å². The fourth-order valence-electron chi connectivity index (χ4n) is 8.97. The van der Waals surface area contributed by atoms with E-state index in [0.717, 1.165) is 13.8 Å². The van der Waals surface area contributed by atoms with Gasteiger partial charge >= 0.3 is 11.9 Å². The van der Waals surface area contributed by atoms with Crippen molar-refractivity contribution < 1.29 is 163 Å². The van der Waals surface area contributed by atoms with Crippen LogP contribution in [-0.2, 0) is 71.2 Å². The molecule has 0 bridgehead atoms. The van der Waals surface area contributed by atoms with Crippen molar-refractivity contribution >= 4 is 11.9 Å². The van der Waals surface area contributed by atoms with Gasteiger partial charge in [-0.05, 0) is 0 Å². The van der Waals surface area contributed by atoms with Crippen molar-refractivity contribution in [3.8, 4) is 0 Å². The van der Waals surface area contributed by atoms with Crippen molar-refractivity contribution in [2.75, 3.05) is 39.6 Å². The number of aliphatic hydroxyl groups excluding tert-OH is 18. The quantitative estimate of drug-likeness (QED) is 0.0567. The predicted octanol–water partition coefficient (Wildman–Crippen LogP) is -13.0. The van der Waals surface area contributed by atoms with Crippen LogP contribution in [0.2, 0.25) is 0 Å². The Balaban J connectivity index is 1.29. The minimum Gasteiger partial charge on any atom is -0.463 e. The van der Waals surface area contributed by atoms with Gasteiger partial charge < -0.3 is 153 Å². The molecule has 0 aromatic carbocycles. The normalized spacial score (nSPS) is 49.8. The average Bonchev–Trinajstić information content (AvgIpc) is 3.35. The Kier molecular flexibility index (Phi) is 21.3. The predicted molar refractivity (Wildman–Crippen MR) is 218 cm³/mol. The zero-order valence-corrected chi connectivity index (χ0v) is 38.7. The Labute approximate surface area is 412 Å². The van der Waals surface area contributed by atoms with Crippen molar-refractivity contribution in [1.29, 1.82) is 0 Å². The molecule has 6 aliphatic rings. The van der Waals surface area contributed by atoms with E-state index < -0.39 is 236 Å². The first-order chi connectivity index (χ1) is 34.5. The van der Waals surface area contributed by atoms with Gasteiger partial charge in [0.2, 0.25) is 0 Å². The van der Waals surface area contributed by atoms with Crippen LogP contribution in [0, 0.1) is 0 Å². The molecule has 18 N–H and O–H groups in total. The van der Waals surface area contributed by atoms with Crippen LogP contribution < -0.4 is 0 Å². The molecule has 424 valence electrons. The Morgan fingerprint density at radius 3 is 1.05 bits per heavy atom. The summed E-state index contributed by atoms with van der Waals surface area (Å²) in [4.78, 5) is 24.3.